The second-order valence-electron chi connectivity index (χ2n) is 7.22. The third-order valence-electron chi connectivity index (χ3n) is 5.20. The number of amides is 1. The van der Waals surface area contributed by atoms with Crippen molar-refractivity contribution in [2.24, 2.45) is 11.7 Å². The largest absolute Gasteiger partial charge is 0.369 e. The van der Waals surface area contributed by atoms with E-state index < -0.39 is 0 Å². The summed E-state index contributed by atoms with van der Waals surface area (Å²) in [6, 6.07) is 12.2. The number of carbonyl (C=O) groups is 1. The Morgan fingerprint density at radius 1 is 1.11 bits per heavy atom. The molecule has 6 heteroatoms. The monoisotopic (exact) mass is 373 g/mol. The summed E-state index contributed by atoms with van der Waals surface area (Å²) in [4.78, 5) is 27.3. The summed E-state index contributed by atoms with van der Waals surface area (Å²) in [5.74, 6) is 0.233. The Bertz CT molecular complexity index is 972. The van der Waals surface area contributed by atoms with E-state index in [0.29, 0.717) is 12.5 Å². The molecule has 0 saturated carbocycles. The minimum atomic E-state index is -0.253. The quantitative estimate of drug-likeness (QED) is 0.759. The molecule has 142 valence electrons. The molecule has 2 N–H and O–H groups in total. The second kappa shape index (κ2) is 7.76. The number of rotatable bonds is 4. The lowest BCUT2D eigenvalue weighted by molar-refractivity contribution is -0.122. The maximum Gasteiger partial charge on any atom is 0.225 e. The van der Waals surface area contributed by atoms with E-state index in [1.165, 1.54) is 5.56 Å². The molecule has 0 radical (unpaired) electrons. The second-order valence-corrected chi connectivity index (χ2v) is 7.22. The lowest BCUT2D eigenvalue weighted by atomic mass is 9.97. The SMILES string of the molecule is Cc1ccc(-c2nc(N3CCC[C@H](C(N)=O)C3)ncc2-c2ccncc2)cc1. The molecule has 3 aromatic rings. The van der Waals surface area contributed by atoms with Gasteiger partial charge in [-0.25, -0.2) is 9.97 Å². The van der Waals surface area contributed by atoms with Gasteiger partial charge < -0.3 is 10.6 Å². The van der Waals surface area contributed by atoms with Crippen LogP contribution in [0.1, 0.15) is 18.4 Å². The summed E-state index contributed by atoms with van der Waals surface area (Å²) in [5.41, 5.74) is 10.6. The molecular weight excluding hydrogens is 350 g/mol. The van der Waals surface area contributed by atoms with Crippen LogP contribution in [0.3, 0.4) is 0 Å². The molecule has 6 nitrogen and oxygen atoms in total. The Hall–Kier alpha value is -3.28. The van der Waals surface area contributed by atoms with E-state index >= 15 is 0 Å². The number of aryl methyl sites for hydroxylation is 1. The van der Waals surface area contributed by atoms with E-state index in [2.05, 4.69) is 46.1 Å². The first kappa shape index (κ1) is 18.1. The Labute approximate surface area is 164 Å². The van der Waals surface area contributed by atoms with Crippen LogP contribution in [0.2, 0.25) is 0 Å². The van der Waals surface area contributed by atoms with E-state index in [-0.39, 0.29) is 11.8 Å². The van der Waals surface area contributed by atoms with E-state index in [1.807, 2.05) is 18.3 Å². The molecule has 1 aliphatic heterocycles. The fourth-order valence-electron chi connectivity index (χ4n) is 3.59. The molecule has 0 unspecified atom stereocenters. The van der Waals surface area contributed by atoms with Gasteiger partial charge in [0, 0.05) is 42.8 Å². The van der Waals surface area contributed by atoms with Crippen LogP contribution in [0.25, 0.3) is 22.4 Å². The maximum atomic E-state index is 11.6. The van der Waals surface area contributed by atoms with Gasteiger partial charge in [0.2, 0.25) is 11.9 Å². The molecule has 3 heterocycles. The molecule has 0 spiro atoms. The number of benzene rings is 1. The number of hydrogen-bond donors (Lipinski definition) is 1. The lowest BCUT2D eigenvalue weighted by Crippen LogP contribution is -2.41. The first-order valence-electron chi connectivity index (χ1n) is 9.50. The third kappa shape index (κ3) is 3.71. The van der Waals surface area contributed by atoms with Crippen molar-refractivity contribution in [2.45, 2.75) is 19.8 Å². The van der Waals surface area contributed by atoms with Crippen LogP contribution in [-0.4, -0.2) is 33.9 Å². The van der Waals surface area contributed by atoms with E-state index in [1.54, 1.807) is 12.4 Å². The number of primary amides is 1. The van der Waals surface area contributed by atoms with Crippen LogP contribution in [0.4, 0.5) is 5.95 Å². The molecule has 1 atom stereocenters. The third-order valence-corrected chi connectivity index (χ3v) is 5.20. The highest BCUT2D eigenvalue weighted by Crippen LogP contribution is 2.32. The average molecular weight is 373 g/mol. The van der Waals surface area contributed by atoms with Gasteiger partial charge in [-0.05, 0) is 37.5 Å². The summed E-state index contributed by atoms with van der Waals surface area (Å²) >= 11 is 0. The first-order valence-corrected chi connectivity index (χ1v) is 9.50. The van der Waals surface area contributed by atoms with Gasteiger partial charge in [0.05, 0.1) is 11.6 Å². The standard InChI is InChI=1S/C22H23N5O/c1-15-4-6-17(7-5-15)20-19(16-8-10-24-11-9-16)13-25-22(26-20)27-12-2-3-18(14-27)21(23)28/h4-11,13,18H,2-3,12,14H2,1H3,(H2,23,28)/t18-/m0/s1. The maximum absolute atomic E-state index is 11.6. The molecule has 0 aliphatic carbocycles. The summed E-state index contributed by atoms with van der Waals surface area (Å²) in [7, 11) is 0. The number of anilines is 1. The molecule has 2 aromatic heterocycles. The number of nitrogens with two attached hydrogens (primary N) is 1. The van der Waals surface area contributed by atoms with Crippen molar-refractivity contribution in [3.63, 3.8) is 0 Å². The van der Waals surface area contributed by atoms with Gasteiger partial charge in [0.1, 0.15) is 0 Å². The molecule has 1 saturated heterocycles. The smallest absolute Gasteiger partial charge is 0.225 e. The minimum absolute atomic E-state index is 0.153. The number of piperidine rings is 1. The van der Waals surface area contributed by atoms with Crippen LogP contribution >= 0.6 is 0 Å². The molecule has 28 heavy (non-hydrogen) atoms. The summed E-state index contributed by atoms with van der Waals surface area (Å²) in [5, 5.41) is 0. The van der Waals surface area contributed by atoms with Gasteiger partial charge in [0.15, 0.2) is 0 Å². The van der Waals surface area contributed by atoms with Gasteiger partial charge in [-0.15, -0.1) is 0 Å². The molecule has 1 aromatic carbocycles. The Balaban J connectivity index is 1.77. The van der Waals surface area contributed by atoms with Crippen LogP contribution in [0.5, 0.6) is 0 Å². The van der Waals surface area contributed by atoms with Gasteiger partial charge in [-0.2, -0.15) is 0 Å². The summed E-state index contributed by atoms with van der Waals surface area (Å²) < 4.78 is 0. The molecule has 1 fully saturated rings. The first-order chi connectivity index (χ1) is 13.6. The van der Waals surface area contributed by atoms with Gasteiger partial charge in [-0.3, -0.25) is 9.78 Å². The lowest BCUT2D eigenvalue weighted by Gasteiger charge is -2.31. The van der Waals surface area contributed by atoms with Crippen molar-refractivity contribution >= 4 is 11.9 Å². The Kier molecular flexibility index (Phi) is 5.02. The summed E-state index contributed by atoms with van der Waals surface area (Å²) in [6.07, 6.45) is 7.13. The Morgan fingerprint density at radius 3 is 2.57 bits per heavy atom. The van der Waals surface area contributed by atoms with Crippen LogP contribution in [0.15, 0.2) is 55.0 Å². The van der Waals surface area contributed by atoms with Crippen molar-refractivity contribution in [3.05, 3.63) is 60.6 Å². The van der Waals surface area contributed by atoms with Crippen molar-refractivity contribution in [2.75, 3.05) is 18.0 Å². The highest BCUT2D eigenvalue weighted by molar-refractivity contribution is 5.81. The zero-order valence-corrected chi connectivity index (χ0v) is 15.9. The van der Waals surface area contributed by atoms with Crippen molar-refractivity contribution in [1.29, 1.82) is 0 Å². The molecule has 0 bridgehead atoms. The van der Waals surface area contributed by atoms with E-state index in [4.69, 9.17) is 10.7 Å². The zero-order valence-electron chi connectivity index (χ0n) is 15.9. The average Bonchev–Trinajstić information content (AvgIpc) is 2.74. The Morgan fingerprint density at radius 2 is 1.86 bits per heavy atom. The predicted molar refractivity (Wildman–Crippen MR) is 110 cm³/mol. The normalized spacial score (nSPS) is 16.8. The molecule has 4 rings (SSSR count). The fourth-order valence-corrected chi connectivity index (χ4v) is 3.59. The number of nitrogens with zero attached hydrogens (tertiary/aromatic N) is 4. The van der Waals surface area contributed by atoms with Crippen LogP contribution in [0, 0.1) is 12.8 Å². The van der Waals surface area contributed by atoms with Crippen LogP contribution < -0.4 is 10.6 Å². The van der Waals surface area contributed by atoms with Gasteiger partial charge in [-0.1, -0.05) is 29.8 Å². The summed E-state index contributed by atoms with van der Waals surface area (Å²) in [6.45, 7) is 3.46. The molecular formula is C22H23N5O. The highest BCUT2D eigenvalue weighted by Gasteiger charge is 2.26. The molecule has 1 amide bonds. The van der Waals surface area contributed by atoms with E-state index in [0.717, 1.165) is 41.8 Å². The van der Waals surface area contributed by atoms with E-state index in [9.17, 15) is 4.79 Å². The number of aromatic nitrogens is 3. The van der Waals surface area contributed by atoms with Crippen molar-refractivity contribution < 1.29 is 4.79 Å². The van der Waals surface area contributed by atoms with Gasteiger partial charge in [0.25, 0.3) is 0 Å². The predicted octanol–water partition coefficient (Wildman–Crippen LogP) is 3.22. The zero-order chi connectivity index (χ0) is 19.5. The minimum Gasteiger partial charge on any atom is -0.369 e. The van der Waals surface area contributed by atoms with Crippen molar-refractivity contribution in [3.8, 4) is 22.4 Å². The van der Waals surface area contributed by atoms with Gasteiger partial charge >= 0.3 is 0 Å². The highest BCUT2D eigenvalue weighted by atomic mass is 16.1. The number of carbonyl (C=O) groups excluding carboxylic acids is 1. The molecule has 1 aliphatic rings. The van der Waals surface area contributed by atoms with Crippen molar-refractivity contribution in [1.82, 2.24) is 15.0 Å². The van der Waals surface area contributed by atoms with Crippen LogP contribution in [-0.2, 0) is 4.79 Å². The number of hydrogen-bond acceptors (Lipinski definition) is 5. The topological polar surface area (TPSA) is 85.0 Å². The number of pyridine rings is 1. The fraction of sp³-hybridized carbons (Fsp3) is 0.273.